The van der Waals surface area contributed by atoms with Crippen LogP contribution in [0, 0.1) is 6.92 Å². The van der Waals surface area contributed by atoms with Crippen LogP contribution in [-0.4, -0.2) is 37.9 Å². The highest BCUT2D eigenvalue weighted by atomic mass is 32.2. The van der Waals surface area contributed by atoms with Crippen molar-refractivity contribution >= 4 is 21.4 Å². The number of carbonyl (C=O) groups is 1. The highest BCUT2D eigenvalue weighted by Gasteiger charge is 2.39. The summed E-state index contributed by atoms with van der Waals surface area (Å²) in [5.74, 6) is -0.0862. The summed E-state index contributed by atoms with van der Waals surface area (Å²) in [6.45, 7) is 6.44. The fourth-order valence-electron chi connectivity index (χ4n) is 2.64. The van der Waals surface area contributed by atoms with Crippen molar-refractivity contribution in [3.63, 3.8) is 0 Å². The van der Waals surface area contributed by atoms with E-state index in [9.17, 15) is 13.2 Å². The van der Waals surface area contributed by atoms with Gasteiger partial charge < -0.3 is 10.6 Å². The van der Waals surface area contributed by atoms with E-state index in [2.05, 4.69) is 10.6 Å². The molecule has 0 radical (unpaired) electrons. The van der Waals surface area contributed by atoms with Gasteiger partial charge in [0.2, 0.25) is 0 Å². The van der Waals surface area contributed by atoms with Crippen LogP contribution in [0.25, 0.3) is 0 Å². The second-order valence-electron chi connectivity index (χ2n) is 5.94. The molecule has 116 valence electrons. The van der Waals surface area contributed by atoms with Crippen LogP contribution in [0.3, 0.4) is 0 Å². The lowest BCUT2D eigenvalue weighted by atomic mass is 10.0. The van der Waals surface area contributed by atoms with E-state index in [1.807, 2.05) is 26.0 Å². The zero-order valence-corrected chi connectivity index (χ0v) is 13.5. The van der Waals surface area contributed by atoms with Gasteiger partial charge in [-0.25, -0.2) is 8.42 Å². The van der Waals surface area contributed by atoms with Crippen LogP contribution < -0.4 is 10.6 Å². The van der Waals surface area contributed by atoms with Crippen molar-refractivity contribution in [3.8, 4) is 0 Å². The normalized spacial score (nSPS) is 23.8. The number of carbonyl (C=O) groups excluding carboxylic acids is 1. The second-order valence-corrected chi connectivity index (χ2v) is 8.12. The van der Waals surface area contributed by atoms with E-state index in [-0.39, 0.29) is 17.4 Å². The number of anilines is 1. The number of nitrogens with one attached hydrogen (secondary N) is 2. The molecule has 21 heavy (non-hydrogen) atoms. The molecule has 1 unspecified atom stereocenters. The lowest BCUT2D eigenvalue weighted by Crippen LogP contribution is -2.47. The fraction of sp³-hybridized carbons (Fsp3) is 0.533. The maximum atomic E-state index is 12.5. The van der Waals surface area contributed by atoms with Gasteiger partial charge in [0, 0.05) is 12.2 Å². The van der Waals surface area contributed by atoms with Gasteiger partial charge in [0.05, 0.1) is 22.6 Å². The molecule has 2 rings (SSSR count). The summed E-state index contributed by atoms with van der Waals surface area (Å²) in [6.07, 6.45) is 0.462. The van der Waals surface area contributed by atoms with E-state index in [4.69, 9.17) is 0 Å². The number of amides is 1. The first-order valence-corrected chi connectivity index (χ1v) is 8.94. The molecule has 0 bridgehead atoms. The molecule has 1 aliphatic rings. The molecule has 1 saturated heterocycles. The molecule has 1 amide bonds. The van der Waals surface area contributed by atoms with Crippen molar-refractivity contribution in [1.82, 2.24) is 5.32 Å². The summed E-state index contributed by atoms with van der Waals surface area (Å²) in [5, 5.41) is 6.06. The van der Waals surface area contributed by atoms with Crippen molar-refractivity contribution in [2.24, 2.45) is 0 Å². The lowest BCUT2D eigenvalue weighted by Gasteiger charge is -2.24. The average molecular weight is 310 g/mol. The van der Waals surface area contributed by atoms with Crippen LogP contribution in [-0.2, 0) is 9.84 Å². The molecule has 2 N–H and O–H groups in total. The minimum absolute atomic E-state index is 0.00808. The SMILES string of the molecule is CCNc1cc(C)ccc1C(=O)NC1(C)CCS(=O)(=O)C1. The van der Waals surface area contributed by atoms with Crippen LogP contribution in [0.1, 0.15) is 36.2 Å². The first-order chi connectivity index (χ1) is 9.75. The Kier molecular flexibility index (Phi) is 4.27. The van der Waals surface area contributed by atoms with E-state index < -0.39 is 15.4 Å². The first-order valence-electron chi connectivity index (χ1n) is 7.12. The molecule has 1 fully saturated rings. The molecule has 0 spiro atoms. The third-order valence-electron chi connectivity index (χ3n) is 3.71. The summed E-state index contributed by atoms with van der Waals surface area (Å²) < 4.78 is 23.2. The van der Waals surface area contributed by atoms with Gasteiger partial charge in [0.15, 0.2) is 9.84 Å². The van der Waals surface area contributed by atoms with Crippen molar-refractivity contribution in [3.05, 3.63) is 29.3 Å². The molecule has 0 aliphatic carbocycles. The van der Waals surface area contributed by atoms with Gasteiger partial charge in [-0.3, -0.25) is 4.79 Å². The third kappa shape index (κ3) is 3.75. The van der Waals surface area contributed by atoms with Gasteiger partial charge >= 0.3 is 0 Å². The van der Waals surface area contributed by atoms with Crippen LogP contribution >= 0.6 is 0 Å². The molecular formula is C15H22N2O3S. The van der Waals surface area contributed by atoms with Crippen LogP contribution in [0.15, 0.2) is 18.2 Å². The summed E-state index contributed by atoms with van der Waals surface area (Å²) in [6, 6.07) is 5.57. The minimum Gasteiger partial charge on any atom is -0.385 e. The fourth-order valence-corrected chi connectivity index (χ4v) is 4.74. The van der Waals surface area contributed by atoms with Gasteiger partial charge in [-0.05, 0) is 44.9 Å². The predicted octanol–water partition coefficient (Wildman–Crippen LogP) is 1.73. The second kappa shape index (κ2) is 5.67. The highest BCUT2D eigenvalue weighted by Crippen LogP contribution is 2.25. The topological polar surface area (TPSA) is 75.3 Å². The molecule has 6 heteroatoms. The van der Waals surface area contributed by atoms with Crippen LogP contribution in [0.2, 0.25) is 0 Å². The van der Waals surface area contributed by atoms with E-state index in [1.165, 1.54) is 0 Å². The minimum atomic E-state index is -3.04. The zero-order valence-electron chi connectivity index (χ0n) is 12.7. The Morgan fingerprint density at radius 3 is 2.67 bits per heavy atom. The van der Waals surface area contributed by atoms with Gasteiger partial charge in [0.1, 0.15) is 0 Å². The van der Waals surface area contributed by atoms with Gasteiger partial charge in [-0.1, -0.05) is 6.07 Å². The first kappa shape index (κ1) is 15.8. The van der Waals surface area contributed by atoms with Gasteiger partial charge in [0.25, 0.3) is 5.91 Å². The summed E-state index contributed by atoms with van der Waals surface area (Å²) in [5.41, 5.74) is 1.72. The van der Waals surface area contributed by atoms with Crippen molar-refractivity contribution in [2.75, 3.05) is 23.4 Å². The largest absolute Gasteiger partial charge is 0.385 e. The molecule has 5 nitrogen and oxygen atoms in total. The van der Waals surface area contributed by atoms with E-state index in [0.717, 1.165) is 17.8 Å². The Bertz CT molecular complexity index is 655. The molecule has 1 aliphatic heterocycles. The Labute approximate surface area is 126 Å². The standard InChI is InChI=1S/C15H22N2O3S/c1-4-16-13-9-11(2)5-6-12(13)14(18)17-15(3)7-8-21(19,20)10-15/h5-6,9,16H,4,7-8,10H2,1-3H3,(H,17,18). The number of hydrogen-bond acceptors (Lipinski definition) is 4. The monoisotopic (exact) mass is 310 g/mol. The van der Waals surface area contributed by atoms with Crippen molar-refractivity contribution in [1.29, 1.82) is 0 Å². The molecule has 1 aromatic carbocycles. The number of hydrogen-bond donors (Lipinski definition) is 2. The number of rotatable bonds is 4. The summed E-state index contributed by atoms with van der Waals surface area (Å²) in [7, 11) is -3.04. The number of benzene rings is 1. The Balaban J connectivity index is 2.21. The zero-order chi connectivity index (χ0) is 15.7. The quantitative estimate of drug-likeness (QED) is 0.888. The summed E-state index contributed by atoms with van der Waals surface area (Å²) in [4.78, 5) is 12.5. The maximum absolute atomic E-state index is 12.5. The van der Waals surface area contributed by atoms with Crippen LogP contribution in [0.5, 0.6) is 0 Å². The maximum Gasteiger partial charge on any atom is 0.253 e. The molecule has 1 atom stereocenters. The van der Waals surface area contributed by atoms with Gasteiger partial charge in [-0.15, -0.1) is 0 Å². The molecule has 0 saturated carbocycles. The Morgan fingerprint density at radius 2 is 2.10 bits per heavy atom. The highest BCUT2D eigenvalue weighted by molar-refractivity contribution is 7.91. The molecule has 1 aromatic rings. The average Bonchev–Trinajstić information content (AvgIpc) is 2.63. The van der Waals surface area contributed by atoms with E-state index >= 15 is 0 Å². The molecule has 0 aromatic heterocycles. The number of sulfone groups is 1. The Hall–Kier alpha value is -1.56. The summed E-state index contributed by atoms with van der Waals surface area (Å²) >= 11 is 0. The van der Waals surface area contributed by atoms with Gasteiger partial charge in [-0.2, -0.15) is 0 Å². The van der Waals surface area contributed by atoms with E-state index in [0.29, 0.717) is 12.0 Å². The van der Waals surface area contributed by atoms with Crippen molar-refractivity contribution < 1.29 is 13.2 Å². The smallest absolute Gasteiger partial charge is 0.253 e. The lowest BCUT2D eigenvalue weighted by molar-refractivity contribution is 0.0916. The number of aryl methyl sites for hydroxylation is 1. The van der Waals surface area contributed by atoms with Crippen LogP contribution in [0.4, 0.5) is 5.69 Å². The van der Waals surface area contributed by atoms with Crippen molar-refractivity contribution in [2.45, 2.75) is 32.7 Å². The van der Waals surface area contributed by atoms with E-state index in [1.54, 1.807) is 13.0 Å². The third-order valence-corrected chi connectivity index (χ3v) is 5.61. The Morgan fingerprint density at radius 1 is 1.38 bits per heavy atom. The molecular weight excluding hydrogens is 288 g/mol. The predicted molar refractivity (Wildman–Crippen MR) is 84.5 cm³/mol. The molecule has 1 heterocycles.